The van der Waals surface area contributed by atoms with Crippen molar-refractivity contribution in [1.82, 2.24) is 9.97 Å². The molecule has 1 fully saturated rings. The summed E-state index contributed by atoms with van der Waals surface area (Å²) < 4.78 is 5.79. The summed E-state index contributed by atoms with van der Waals surface area (Å²) in [7, 11) is 0. The molecule has 0 radical (unpaired) electrons. The van der Waals surface area contributed by atoms with E-state index in [0.29, 0.717) is 0 Å². The lowest BCUT2D eigenvalue weighted by molar-refractivity contribution is 0.0314. The zero-order valence-electron chi connectivity index (χ0n) is 12.1. The predicted octanol–water partition coefficient (Wildman–Crippen LogP) is 2.45. The van der Waals surface area contributed by atoms with Gasteiger partial charge in [-0.1, -0.05) is 6.92 Å². The number of nitrogens with zero attached hydrogens (tertiary/aromatic N) is 2. The Balaban J connectivity index is 2.08. The fraction of sp³-hybridized carbons (Fsp3) is 0.714. The summed E-state index contributed by atoms with van der Waals surface area (Å²) in [6.07, 6.45) is 4.76. The minimum atomic E-state index is -0.0612. The maximum atomic E-state index is 5.79. The van der Waals surface area contributed by atoms with E-state index in [1.165, 1.54) is 0 Å². The van der Waals surface area contributed by atoms with Crippen molar-refractivity contribution < 1.29 is 4.74 Å². The molecule has 0 saturated carbocycles. The zero-order chi connectivity index (χ0) is 13.7. The van der Waals surface area contributed by atoms with Crippen LogP contribution in [-0.2, 0) is 11.2 Å². The summed E-state index contributed by atoms with van der Waals surface area (Å²) in [4.78, 5) is 8.67. The molecule has 1 saturated heterocycles. The Labute approximate surface area is 115 Å². The average Bonchev–Trinajstić information content (AvgIpc) is 2.84. The lowest BCUT2D eigenvalue weighted by Gasteiger charge is -2.24. The Morgan fingerprint density at radius 2 is 2.00 bits per heavy atom. The van der Waals surface area contributed by atoms with Crippen molar-refractivity contribution in [2.75, 3.05) is 30.3 Å². The first-order valence-electron chi connectivity index (χ1n) is 7.14. The number of nitrogens with one attached hydrogen (secondary N) is 2. The highest BCUT2D eigenvalue weighted by atomic mass is 16.5. The summed E-state index contributed by atoms with van der Waals surface area (Å²) in [5.41, 5.74) is 1.08. The van der Waals surface area contributed by atoms with Gasteiger partial charge in [0.15, 0.2) is 0 Å². The highest BCUT2D eigenvalue weighted by molar-refractivity contribution is 5.57. The third kappa shape index (κ3) is 3.35. The van der Waals surface area contributed by atoms with E-state index in [9.17, 15) is 0 Å². The molecular formula is C14H24N4O. The molecule has 5 nitrogen and oxygen atoms in total. The summed E-state index contributed by atoms with van der Waals surface area (Å²) in [6.45, 7) is 8.88. The number of aromatic nitrogens is 2. The molecule has 0 amide bonds. The minimum Gasteiger partial charge on any atom is -0.373 e. The third-order valence-corrected chi connectivity index (χ3v) is 3.57. The molecule has 1 aliphatic heterocycles. The molecule has 106 valence electrons. The smallest absolute Gasteiger partial charge is 0.134 e. The summed E-state index contributed by atoms with van der Waals surface area (Å²) >= 11 is 0. The van der Waals surface area contributed by atoms with Crippen molar-refractivity contribution in [3.05, 3.63) is 11.9 Å². The summed E-state index contributed by atoms with van der Waals surface area (Å²) in [6, 6.07) is 0. The van der Waals surface area contributed by atoms with E-state index in [0.717, 1.165) is 56.2 Å². The van der Waals surface area contributed by atoms with Crippen molar-refractivity contribution >= 4 is 11.6 Å². The molecule has 2 N–H and O–H groups in total. The second-order valence-electron chi connectivity index (χ2n) is 5.19. The van der Waals surface area contributed by atoms with Crippen LogP contribution in [0.3, 0.4) is 0 Å². The fourth-order valence-corrected chi connectivity index (χ4v) is 2.47. The highest BCUT2D eigenvalue weighted by Crippen LogP contribution is 2.26. The molecule has 2 rings (SSSR count). The zero-order valence-corrected chi connectivity index (χ0v) is 12.1. The molecule has 2 heterocycles. The monoisotopic (exact) mass is 264 g/mol. The maximum Gasteiger partial charge on any atom is 0.134 e. The lowest BCUT2D eigenvalue weighted by Crippen LogP contribution is -2.33. The van der Waals surface area contributed by atoms with E-state index in [-0.39, 0.29) is 5.60 Å². The van der Waals surface area contributed by atoms with Crippen molar-refractivity contribution in [3.8, 4) is 0 Å². The Hall–Kier alpha value is -1.36. The first-order valence-corrected chi connectivity index (χ1v) is 7.14. The Bertz CT molecular complexity index is 416. The van der Waals surface area contributed by atoms with Crippen molar-refractivity contribution in [2.45, 2.75) is 45.6 Å². The average molecular weight is 264 g/mol. The van der Waals surface area contributed by atoms with Gasteiger partial charge in [-0.05, 0) is 33.1 Å². The van der Waals surface area contributed by atoms with Gasteiger partial charge in [0.2, 0.25) is 0 Å². The molecule has 1 atom stereocenters. The molecular weight excluding hydrogens is 240 g/mol. The normalized spacial score (nSPS) is 22.5. The van der Waals surface area contributed by atoms with Gasteiger partial charge in [-0.25, -0.2) is 9.97 Å². The van der Waals surface area contributed by atoms with Crippen LogP contribution in [-0.4, -0.2) is 35.3 Å². The second kappa shape index (κ2) is 6.19. The molecule has 1 aliphatic rings. The second-order valence-corrected chi connectivity index (χ2v) is 5.19. The van der Waals surface area contributed by atoms with Crippen LogP contribution in [0.1, 0.15) is 39.2 Å². The molecule has 0 bridgehead atoms. The summed E-state index contributed by atoms with van der Waals surface area (Å²) in [5, 5.41) is 6.71. The number of hydrogen-bond acceptors (Lipinski definition) is 5. The molecule has 0 aliphatic carbocycles. The van der Waals surface area contributed by atoms with Gasteiger partial charge in [0.1, 0.15) is 18.0 Å². The topological polar surface area (TPSA) is 59.1 Å². The third-order valence-electron chi connectivity index (χ3n) is 3.57. The first-order chi connectivity index (χ1) is 9.18. The molecule has 1 unspecified atom stereocenters. The van der Waals surface area contributed by atoms with Crippen LogP contribution < -0.4 is 10.6 Å². The van der Waals surface area contributed by atoms with E-state index in [4.69, 9.17) is 4.74 Å². The highest BCUT2D eigenvalue weighted by Gasteiger charge is 2.29. The Morgan fingerprint density at radius 3 is 2.58 bits per heavy atom. The molecule has 0 spiro atoms. The van der Waals surface area contributed by atoms with Crippen LogP contribution in [0.2, 0.25) is 0 Å². The van der Waals surface area contributed by atoms with E-state index in [1.807, 2.05) is 0 Å². The van der Waals surface area contributed by atoms with Gasteiger partial charge >= 0.3 is 0 Å². The van der Waals surface area contributed by atoms with Gasteiger partial charge in [-0.2, -0.15) is 0 Å². The van der Waals surface area contributed by atoms with E-state index >= 15 is 0 Å². The largest absolute Gasteiger partial charge is 0.373 e. The molecule has 19 heavy (non-hydrogen) atoms. The van der Waals surface area contributed by atoms with Gasteiger partial charge in [0.05, 0.1) is 5.60 Å². The van der Waals surface area contributed by atoms with Crippen LogP contribution in [0, 0.1) is 0 Å². The van der Waals surface area contributed by atoms with Crippen LogP contribution in [0.5, 0.6) is 0 Å². The molecule has 1 aromatic rings. The SMILES string of the molecule is CCNc1ncnc(NCC2(C)CCCO2)c1CC. The lowest BCUT2D eigenvalue weighted by atomic mass is 10.0. The predicted molar refractivity (Wildman–Crippen MR) is 77.7 cm³/mol. The van der Waals surface area contributed by atoms with E-state index in [1.54, 1.807) is 6.33 Å². The Morgan fingerprint density at radius 1 is 1.26 bits per heavy atom. The van der Waals surface area contributed by atoms with Crippen LogP contribution in [0.4, 0.5) is 11.6 Å². The fourth-order valence-electron chi connectivity index (χ4n) is 2.47. The quantitative estimate of drug-likeness (QED) is 0.826. The maximum absolute atomic E-state index is 5.79. The van der Waals surface area contributed by atoms with Gasteiger partial charge in [0, 0.05) is 25.3 Å². The van der Waals surface area contributed by atoms with Crippen molar-refractivity contribution in [1.29, 1.82) is 0 Å². The van der Waals surface area contributed by atoms with Gasteiger partial charge in [-0.3, -0.25) is 0 Å². The first kappa shape index (κ1) is 14.1. The van der Waals surface area contributed by atoms with Crippen molar-refractivity contribution in [2.24, 2.45) is 0 Å². The van der Waals surface area contributed by atoms with Gasteiger partial charge < -0.3 is 15.4 Å². The minimum absolute atomic E-state index is 0.0612. The molecule has 5 heteroatoms. The number of hydrogen-bond donors (Lipinski definition) is 2. The van der Waals surface area contributed by atoms with Gasteiger partial charge in [0.25, 0.3) is 0 Å². The van der Waals surface area contributed by atoms with E-state index in [2.05, 4.69) is 41.4 Å². The number of ether oxygens (including phenoxy) is 1. The number of anilines is 2. The van der Waals surface area contributed by atoms with Crippen LogP contribution >= 0.6 is 0 Å². The standard InChI is InChI=1S/C14H24N4O/c1-4-11-12(15-5-2)17-10-18-13(11)16-9-14(3)7-6-8-19-14/h10H,4-9H2,1-3H3,(H2,15,16,17,18). The van der Waals surface area contributed by atoms with Gasteiger partial charge in [-0.15, -0.1) is 0 Å². The van der Waals surface area contributed by atoms with Crippen LogP contribution in [0.15, 0.2) is 6.33 Å². The number of rotatable bonds is 6. The summed E-state index contributed by atoms with van der Waals surface area (Å²) in [5.74, 6) is 1.85. The molecule has 0 aromatic carbocycles. The molecule has 1 aromatic heterocycles. The van der Waals surface area contributed by atoms with Crippen molar-refractivity contribution in [3.63, 3.8) is 0 Å². The Kier molecular flexibility index (Phi) is 4.58. The van der Waals surface area contributed by atoms with Crippen LogP contribution in [0.25, 0.3) is 0 Å². The van der Waals surface area contributed by atoms with E-state index < -0.39 is 0 Å².